The van der Waals surface area contributed by atoms with E-state index in [0.29, 0.717) is 26.4 Å². The number of Topliss-reactive ketones (excluding diaryl/α,β-unsaturated/α-hetero) is 1. The Labute approximate surface area is 118 Å². The van der Waals surface area contributed by atoms with Crippen molar-refractivity contribution in [2.75, 3.05) is 37.9 Å². The number of ether oxygens (including phenoxy) is 3. The Morgan fingerprint density at radius 3 is 2.74 bits per heavy atom. The first kappa shape index (κ1) is 13.9. The minimum Gasteiger partial charge on any atom is -0.376 e. The third-order valence-corrected chi connectivity index (χ3v) is 5.42. The van der Waals surface area contributed by atoms with E-state index >= 15 is 0 Å². The fourth-order valence-electron chi connectivity index (χ4n) is 3.28. The van der Waals surface area contributed by atoms with E-state index in [1.165, 1.54) is 0 Å². The van der Waals surface area contributed by atoms with Crippen molar-refractivity contribution in [2.45, 2.75) is 37.4 Å². The minimum atomic E-state index is -0.341. The summed E-state index contributed by atoms with van der Waals surface area (Å²) in [7, 11) is 0. The van der Waals surface area contributed by atoms with E-state index in [1.807, 2.05) is 11.8 Å². The van der Waals surface area contributed by atoms with Crippen LogP contribution in [0.1, 0.15) is 25.7 Å². The molecule has 4 nitrogen and oxygen atoms in total. The van der Waals surface area contributed by atoms with E-state index in [1.54, 1.807) is 0 Å². The molecule has 0 aromatic carbocycles. The van der Waals surface area contributed by atoms with Gasteiger partial charge in [-0.3, -0.25) is 4.79 Å². The van der Waals surface area contributed by atoms with Gasteiger partial charge in [0.05, 0.1) is 25.4 Å². The van der Waals surface area contributed by atoms with E-state index in [2.05, 4.69) is 0 Å². The third-order valence-electron chi connectivity index (χ3n) is 4.43. The SMILES string of the molecule is O=C(C1CCOC2(CCSCC2)C1)C1COCCO1. The fourth-order valence-corrected chi connectivity index (χ4v) is 4.51. The standard InChI is InChI=1S/C14H22O4S/c15-13(12-10-16-5-6-17-12)11-1-4-18-14(9-11)2-7-19-8-3-14/h11-12H,1-10H2. The summed E-state index contributed by atoms with van der Waals surface area (Å²) in [5.41, 5.74) is -0.0284. The molecule has 0 saturated carbocycles. The van der Waals surface area contributed by atoms with Gasteiger partial charge in [-0.05, 0) is 37.2 Å². The average molecular weight is 286 g/mol. The molecule has 2 unspecified atom stereocenters. The Morgan fingerprint density at radius 1 is 1.16 bits per heavy atom. The summed E-state index contributed by atoms with van der Waals surface area (Å²) in [4.78, 5) is 12.5. The highest BCUT2D eigenvalue weighted by Crippen LogP contribution is 2.40. The second-order valence-electron chi connectivity index (χ2n) is 5.67. The summed E-state index contributed by atoms with van der Waals surface area (Å²) in [6.07, 6.45) is 3.55. The summed E-state index contributed by atoms with van der Waals surface area (Å²) in [5, 5.41) is 0. The largest absolute Gasteiger partial charge is 0.376 e. The Hall–Kier alpha value is -0.100. The number of carbonyl (C=O) groups is 1. The van der Waals surface area contributed by atoms with Crippen molar-refractivity contribution in [3.63, 3.8) is 0 Å². The molecule has 0 aliphatic carbocycles. The van der Waals surface area contributed by atoms with Gasteiger partial charge in [-0.1, -0.05) is 0 Å². The normalized spacial score (nSPS) is 35.2. The van der Waals surface area contributed by atoms with Crippen molar-refractivity contribution in [2.24, 2.45) is 5.92 Å². The molecule has 0 N–H and O–H groups in total. The number of hydrogen-bond donors (Lipinski definition) is 0. The van der Waals surface area contributed by atoms with E-state index in [-0.39, 0.29) is 23.4 Å². The lowest BCUT2D eigenvalue weighted by Crippen LogP contribution is -2.48. The molecule has 3 fully saturated rings. The third kappa shape index (κ3) is 3.15. The Kier molecular flexibility index (Phi) is 4.47. The van der Waals surface area contributed by atoms with Gasteiger partial charge in [0.2, 0.25) is 0 Å². The molecule has 3 saturated heterocycles. The second-order valence-corrected chi connectivity index (χ2v) is 6.90. The van der Waals surface area contributed by atoms with Crippen LogP contribution >= 0.6 is 11.8 Å². The molecular formula is C14H22O4S. The van der Waals surface area contributed by atoms with Crippen molar-refractivity contribution in [3.05, 3.63) is 0 Å². The summed E-state index contributed by atoms with van der Waals surface area (Å²) in [6, 6.07) is 0. The molecule has 5 heteroatoms. The van der Waals surface area contributed by atoms with Crippen LogP contribution in [-0.4, -0.2) is 55.4 Å². The molecule has 0 aromatic rings. The van der Waals surface area contributed by atoms with Crippen LogP contribution in [0.2, 0.25) is 0 Å². The molecule has 0 aromatic heterocycles. The van der Waals surface area contributed by atoms with Crippen LogP contribution < -0.4 is 0 Å². The summed E-state index contributed by atoms with van der Waals surface area (Å²) >= 11 is 1.99. The van der Waals surface area contributed by atoms with Crippen molar-refractivity contribution in [3.8, 4) is 0 Å². The monoisotopic (exact) mass is 286 g/mol. The Balaban J connectivity index is 1.62. The minimum absolute atomic E-state index is 0.0284. The maximum atomic E-state index is 12.5. The molecule has 0 radical (unpaired) electrons. The van der Waals surface area contributed by atoms with Crippen LogP contribution in [-0.2, 0) is 19.0 Å². The number of thioether (sulfide) groups is 1. The number of ketones is 1. The summed E-state index contributed by atoms with van der Waals surface area (Å²) < 4.78 is 16.9. The molecule has 2 atom stereocenters. The Morgan fingerprint density at radius 2 is 2.00 bits per heavy atom. The average Bonchev–Trinajstić information content (AvgIpc) is 2.48. The lowest BCUT2D eigenvalue weighted by atomic mass is 9.79. The fraction of sp³-hybridized carbons (Fsp3) is 0.929. The highest BCUT2D eigenvalue weighted by Gasteiger charge is 2.42. The highest BCUT2D eigenvalue weighted by molar-refractivity contribution is 7.99. The molecule has 3 rings (SSSR count). The van der Waals surface area contributed by atoms with Crippen LogP contribution in [0.5, 0.6) is 0 Å². The lowest BCUT2D eigenvalue weighted by Gasteiger charge is -2.43. The van der Waals surface area contributed by atoms with E-state index in [9.17, 15) is 4.79 Å². The quantitative estimate of drug-likeness (QED) is 0.772. The molecule has 3 aliphatic rings. The van der Waals surface area contributed by atoms with Gasteiger partial charge >= 0.3 is 0 Å². The maximum absolute atomic E-state index is 12.5. The van der Waals surface area contributed by atoms with Crippen LogP contribution in [0.15, 0.2) is 0 Å². The first-order valence-electron chi connectivity index (χ1n) is 7.24. The van der Waals surface area contributed by atoms with Crippen LogP contribution in [0.4, 0.5) is 0 Å². The first-order valence-corrected chi connectivity index (χ1v) is 8.39. The number of carbonyl (C=O) groups excluding carboxylic acids is 1. The molecular weight excluding hydrogens is 264 g/mol. The van der Waals surface area contributed by atoms with Crippen LogP contribution in [0, 0.1) is 5.92 Å². The van der Waals surface area contributed by atoms with Crippen molar-refractivity contribution in [1.82, 2.24) is 0 Å². The van der Waals surface area contributed by atoms with E-state index in [0.717, 1.165) is 37.2 Å². The van der Waals surface area contributed by atoms with Gasteiger partial charge in [0.1, 0.15) is 6.10 Å². The molecule has 1 spiro atoms. The molecule has 0 amide bonds. The van der Waals surface area contributed by atoms with Crippen molar-refractivity contribution in [1.29, 1.82) is 0 Å². The Bertz CT molecular complexity index is 316. The van der Waals surface area contributed by atoms with Crippen LogP contribution in [0.25, 0.3) is 0 Å². The molecule has 19 heavy (non-hydrogen) atoms. The van der Waals surface area contributed by atoms with Gasteiger partial charge < -0.3 is 14.2 Å². The first-order chi connectivity index (χ1) is 9.29. The van der Waals surface area contributed by atoms with Gasteiger partial charge in [-0.25, -0.2) is 0 Å². The second kappa shape index (κ2) is 6.12. The molecule has 108 valence electrons. The summed E-state index contributed by atoms with van der Waals surface area (Å²) in [6.45, 7) is 2.30. The predicted octanol–water partition coefficient (Wildman–Crippen LogP) is 1.66. The van der Waals surface area contributed by atoms with Crippen molar-refractivity contribution >= 4 is 17.5 Å². The maximum Gasteiger partial charge on any atom is 0.167 e. The zero-order chi connectivity index (χ0) is 13.1. The van der Waals surface area contributed by atoms with Gasteiger partial charge in [0.15, 0.2) is 5.78 Å². The van der Waals surface area contributed by atoms with Gasteiger partial charge in [-0.15, -0.1) is 0 Å². The summed E-state index contributed by atoms with van der Waals surface area (Å²) in [5.74, 6) is 2.65. The zero-order valence-electron chi connectivity index (χ0n) is 11.3. The van der Waals surface area contributed by atoms with Gasteiger partial charge in [-0.2, -0.15) is 11.8 Å². The van der Waals surface area contributed by atoms with E-state index in [4.69, 9.17) is 14.2 Å². The molecule has 3 aliphatic heterocycles. The lowest BCUT2D eigenvalue weighted by molar-refractivity contribution is -0.160. The van der Waals surface area contributed by atoms with Crippen LogP contribution in [0.3, 0.4) is 0 Å². The topological polar surface area (TPSA) is 44.8 Å². The predicted molar refractivity (Wildman–Crippen MR) is 73.5 cm³/mol. The smallest absolute Gasteiger partial charge is 0.167 e. The molecule has 3 heterocycles. The van der Waals surface area contributed by atoms with Gasteiger partial charge in [0, 0.05) is 12.5 Å². The molecule has 0 bridgehead atoms. The highest BCUT2D eigenvalue weighted by atomic mass is 32.2. The van der Waals surface area contributed by atoms with Crippen molar-refractivity contribution < 1.29 is 19.0 Å². The zero-order valence-corrected chi connectivity index (χ0v) is 12.1. The van der Waals surface area contributed by atoms with E-state index < -0.39 is 0 Å². The number of rotatable bonds is 2. The number of hydrogen-bond acceptors (Lipinski definition) is 5. The van der Waals surface area contributed by atoms with Gasteiger partial charge in [0.25, 0.3) is 0 Å².